The summed E-state index contributed by atoms with van der Waals surface area (Å²) < 4.78 is 1.66. The molecule has 4 N–H and O–H groups in total. The first-order valence-electron chi connectivity index (χ1n) is 12.3. The van der Waals surface area contributed by atoms with E-state index in [0.717, 1.165) is 18.5 Å². The van der Waals surface area contributed by atoms with E-state index < -0.39 is 5.91 Å². The molecule has 0 radical (unpaired) electrons. The van der Waals surface area contributed by atoms with E-state index in [-0.39, 0.29) is 29.5 Å². The normalized spacial score (nSPS) is 19.7. The van der Waals surface area contributed by atoms with Crippen LogP contribution in [0.4, 0.5) is 17.5 Å². The molecular weight excluding hydrogens is 458 g/mol. The van der Waals surface area contributed by atoms with Crippen LogP contribution in [0.25, 0.3) is 0 Å². The summed E-state index contributed by atoms with van der Waals surface area (Å²) in [6.07, 6.45) is 5.95. The number of nitrogens with two attached hydrogens (primary N) is 1. The van der Waals surface area contributed by atoms with Gasteiger partial charge in [-0.3, -0.25) is 14.3 Å². The summed E-state index contributed by atoms with van der Waals surface area (Å²) >= 11 is 0. The molecule has 2 aliphatic rings. The molecule has 0 bridgehead atoms. The van der Waals surface area contributed by atoms with Gasteiger partial charge in [0.05, 0.1) is 11.4 Å². The Morgan fingerprint density at radius 2 is 1.86 bits per heavy atom. The zero-order valence-corrected chi connectivity index (χ0v) is 20.7. The third kappa shape index (κ3) is 4.86. The number of benzene rings is 1. The van der Waals surface area contributed by atoms with E-state index in [9.17, 15) is 9.59 Å². The standard InChI is InChI=1S/C25H31N9O2/c1-14-20(13-33(3)32-14)27-23-21(22(26)35)30-31-25(29-23)34-12-4-5-19(15(34)2)28-24(36)18-10-8-17(9-11-18)16-6-7-16/h8-11,13,15-16,19H,4-7,12H2,1-3H3,(H2,26,35)(H,28,36)(H,27,29,31)/t15-,19-/m1/s1. The molecule has 0 unspecified atom stereocenters. The van der Waals surface area contributed by atoms with Crippen molar-refractivity contribution in [2.75, 3.05) is 16.8 Å². The van der Waals surface area contributed by atoms with E-state index in [1.807, 2.05) is 37.9 Å². The number of hydrogen-bond donors (Lipinski definition) is 3. The van der Waals surface area contributed by atoms with Crippen molar-refractivity contribution in [3.05, 3.63) is 53.0 Å². The summed E-state index contributed by atoms with van der Waals surface area (Å²) in [5, 5.41) is 18.9. The monoisotopic (exact) mass is 489 g/mol. The molecule has 1 aliphatic heterocycles. The number of carbonyl (C=O) groups is 2. The highest BCUT2D eigenvalue weighted by molar-refractivity contribution is 5.96. The van der Waals surface area contributed by atoms with Crippen LogP contribution in [0.5, 0.6) is 0 Å². The Labute approximate surface area is 209 Å². The minimum atomic E-state index is -0.727. The Morgan fingerprint density at radius 3 is 2.50 bits per heavy atom. The number of aromatic nitrogens is 5. The largest absolute Gasteiger partial charge is 0.364 e. The number of hydrogen-bond acceptors (Lipinski definition) is 8. The topological polar surface area (TPSA) is 144 Å². The van der Waals surface area contributed by atoms with Crippen LogP contribution in [-0.2, 0) is 7.05 Å². The number of piperidine rings is 1. The van der Waals surface area contributed by atoms with Gasteiger partial charge in [0.1, 0.15) is 0 Å². The summed E-state index contributed by atoms with van der Waals surface area (Å²) in [5.74, 6) is 0.427. The number of carbonyl (C=O) groups excluding carboxylic acids is 2. The van der Waals surface area contributed by atoms with Crippen LogP contribution in [0.3, 0.4) is 0 Å². The molecule has 11 heteroatoms. The predicted molar refractivity (Wildman–Crippen MR) is 135 cm³/mol. The lowest BCUT2D eigenvalue weighted by Crippen LogP contribution is -2.54. The van der Waals surface area contributed by atoms with Gasteiger partial charge in [0.2, 0.25) is 5.95 Å². The molecule has 2 amide bonds. The molecule has 3 heterocycles. The average molecular weight is 490 g/mol. The highest BCUT2D eigenvalue weighted by Crippen LogP contribution is 2.39. The van der Waals surface area contributed by atoms with Crippen LogP contribution in [0.1, 0.15) is 70.6 Å². The summed E-state index contributed by atoms with van der Waals surface area (Å²) in [7, 11) is 1.81. The van der Waals surface area contributed by atoms with Crippen LogP contribution in [-0.4, -0.2) is 55.4 Å². The van der Waals surface area contributed by atoms with Gasteiger partial charge in [0, 0.05) is 37.4 Å². The summed E-state index contributed by atoms with van der Waals surface area (Å²) in [6.45, 7) is 4.58. The molecule has 2 fully saturated rings. The van der Waals surface area contributed by atoms with Gasteiger partial charge in [-0.1, -0.05) is 12.1 Å². The summed E-state index contributed by atoms with van der Waals surface area (Å²) in [4.78, 5) is 31.6. The van der Waals surface area contributed by atoms with Crippen molar-refractivity contribution < 1.29 is 9.59 Å². The maximum Gasteiger partial charge on any atom is 0.273 e. The van der Waals surface area contributed by atoms with Crippen molar-refractivity contribution >= 4 is 29.3 Å². The summed E-state index contributed by atoms with van der Waals surface area (Å²) in [5.41, 5.74) is 8.87. The van der Waals surface area contributed by atoms with E-state index in [1.54, 1.807) is 10.9 Å². The highest BCUT2D eigenvalue weighted by Gasteiger charge is 2.32. The molecule has 2 atom stereocenters. The van der Waals surface area contributed by atoms with Crippen molar-refractivity contribution in [1.29, 1.82) is 0 Å². The Kier molecular flexibility index (Phi) is 6.29. The molecule has 1 saturated heterocycles. The van der Waals surface area contributed by atoms with Crippen LogP contribution in [0, 0.1) is 6.92 Å². The first-order chi connectivity index (χ1) is 17.3. The molecule has 36 heavy (non-hydrogen) atoms. The molecular formula is C25H31N9O2. The number of primary amides is 1. The van der Waals surface area contributed by atoms with Crippen molar-refractivity contribution in [1.82, 2.24) is 30.3 Å². The van der Waals surface area contributed by atoms with Crippen molar-refractivity contribution in [3.63, 3.8) is 0 Å². The van der Waals surface area contributed by atoms with E-state index in [4.69, 9.17) is 5.73 Å². The lowest BCUT2D eigenvalue weighted by atomic mass is 9.97. The molecule has 5 rings (SSSR count). The Balaban J connectivity index is 1.33. The highest BCUT2D eigenvalue weighted by atomic mass is 16.2. The minimum Gasteiger partial charge on any atom is -0.364 e. The number of aryl methyl sites for hydroxylation is 2. The first kappa shape index (κ1) is 23.7. The summed E-state index contributed by atoms with van der Waals surface area (Å²) in [6, 6.07) is 7.75. The van der Waals surface area contributed by atoms with E-state index in [1.165, 1.54) is 18.4 Å². The molecule has 0 spiro atoms. The van der Waals surface area contributed by atoms with Crippen LogP contribution in [0.2, 0.25) is 0 Å². The zero-order chi connectivity index (χ0) is 25.4. The lowest BCUT2D eigenvalue weighted by Gasteiger charge is -2.39. The first-order valence-corrected chi connectivity index (χ1v) is 12.3. The second-order valence-corrected chi connectivity index (χ2v) is 9.65. The lowest BCUT2D eigenvalue weighted by molar-refractivity contribution is 0.0923. The smallest absolute Gasteiger partial charge is 0.273 e. The second-order valence-electron chi connectivity index (χ2n) is 9.65. The van der Waals surface area contributed by atoms with Gasteiger partial charge in [-0.2, -0.15) is 10.1 Å². The maximum absolute atomic E-state index is 13.0. The Hall–Kier alpha value is -4.02. The van der Waals surface area contributed by atoms with E-state index in [2.05, 4.69) is 43.0 Å². The van der Waals surface area contributed by atoms with Crippen LogP contribution in [0.15, 0.2) is 30.5 Å². The second kappa shape index (κ2) is 9.56. The average Bonchev–Trinajstić information content (AvgIpc) is 3.65. The number of anilines is 3. The quantitative estimate of drug-likeness (QED) is 0.459. The fourth-order valence-corrected chi connectivity index (χ4v) is 4.74. The van der Waals surface area contributed by atoms with Gasteiger partial charge in [0.25, 0.3) is 11.8 Å². The minimum absolute atomic E-state index is 0.0498. The van der Waals surface area contributed by atoms with Gasteiger partial charge >= 0.3 is 0 Å². The van der Waals surface area contributed by atoms with Crippen LogP contribution < -0.4 is 21.3 Å². The van der Waals surface area contributed by atoms with Gasteiger partial charge < -0.3 is 21.3 Å². The van der Waals surface area contributed by atoms with Gasteiger partial charge in [-0.25, -0.2) is 0 Å². The number of rotatable bonds is 7. The van der Waals surface area contributed by atoms with Crippen molar-refractivity contribution in [3.8, 4) is 0 Å². The Morgan fingerprint density at radius 1 is 1.11 bits per heavy atom. The fourth-order valence-electron chi connectivity index (χ4n) is 4.74. The van der Waals surface area contributed by atoms with Gasteiger partial charge in [-0.15, -0.1) is 10.2 Å². The van der Waals surface area contributed by atoms with Crippen molar-refractivity contribution in [2.45, 2.75) is 57.5 Å². The van der Waals surface area contributed by atoms with Gasteiger partial charge in [-0.05, 0) is 63.1 Å². The third-order valence-corrected chi connectivity index (χ3v) is 6.96. The maximum atomic E-state index is 13.0. The van der Waals surface area contributed by atoms with Gasteiger partial charge in [0.15, 0.2) is 11.5 Å². The molecule has 2 aromatic heterocycles. The molecule has 1 aromatic carbocycles. The third-order valence-electron chi connectivity index (χ3n) is 6.96. The molecule has 1 aliphatic carbocycles. The number of nitrogens with zero attached hydrogens (tertiary/aromatic N) is 6. The molecule has 3 aromatic rings. The Bertz CT molecular complexity index is 1280. The molecule has 188 valence electrons. The molecule has 1 saturated carbocycles. The van der Waals surface area contributed by atoms with Crippen LogP contribution >= 0.6 is 0 Å². The number of nitrogens with one attached hydrogen (secondary N) is 2. The van der Waals surface area contributed by atoms with E-state index >= 15 is 0 Å². The fraction of sp³-hybridized carbons (Fsp3) is 0.440. The predicted octanol–water partition coefficient (Wildman–Crippen LogP) is 2.42. The number of amides is 2. The SMILES string of the molecule is Cc1nn(C)cc1Nc1nc(N2CCC[C@@H](NC(=O)c3ccc(C4CC4)cc3)[C@H]2C)nnc1C(N)=O. The van der Waals surface area contributed by atoms with E-state index in [0.29, 0.717) is 29.7 Å². The molecule has 11 nitrogen and oxygen atoms in total. The van der Waals surface area contributed by atoms with Crippen molar-refractivity contribution in [2.24, 2.45) is 12.8 Å². The zero-order valence-electron chi connectivity index (χ0n) is 20.7.